The molecule has 0 aliphatic carbocycles. The van der Waals surface area contributed by atoms with Gasteiger partial charge in [-0.05, 0) is 31.2 Å². The molecule has 1 aromatic carbocycles. The van der Waals surface area contributed by atoms with E-state index in [-0.39, 0.29) is 16.2 Å². The van der Waals surface area contributed by atoms with Gasteiger partial charge in [0.05, 0.1) is 5.69 Å². The van der Waals surface area contributed by atoms with Crippen molar-refractivity contribution < 1.29 is 26.7 Å². The maximum absolute atomic E-state index is 13.2. The molecule has 2 aromatic heterocycles. The zero-order valence-electron chi connectivity index (χ0n) is 12.6. The number of hydrogen-bond donors (Lipinski definition) is 0. The Bertz CT molecular complexity index is 980. The van der Waals surface area contributed by atoms with Crippen LogP contribution >= 0.6 is 11.3 Å². The second kappa shape index (κ2) is 6.07. The molecular weight excluding hydrogens is 363 g/mol. The van der Waals surface area contributed by atoms with E-state index in [0.29, 0.717) is 6.07 Å². The van der Waals surface area contributed by atoms with Crippen LogP contribution in [0.25, 0.3) is 11.0 Å². The third-order valence-corrected chi connectivity index (χ3v) is 4.18. The monoisotopic (exact) mass is 372 g/mol. The number of carbonyl (C=O) groups is 1. The SMILES string of the molecule is Cc1cn2c(C=CC(=O)c3cc(F)cc(F)c3)c(C(F)(F)F)nc2s1. The summed E-state index contributed by atoms with van der Waals surface area (Å²) >= 11 is 1.07. The standard InChI is InChI=1S/C16H9F5N2OS/c1-8-7-23-12(14(16(19,20)21)22-15(23)25-8)2-3-13(24)9-4-10(17)6-11(18)5-9/h2-7H,1H3. The zero-order chi connectivity index (χ0) is 18.4. The van der Waals surface area contributed by atoms with Crippen LogP contribution in [-0.2, 0) is 6.18 Å². The van der Waals surface area contributed by atoms with E-state index in [4.69, 9.17) is 0 Å². The number of fused-ring (bicyclic) bond motifs is 1. The molecule has 0 amide bonds. The van der Waals surface area contributed by atoms with Crippen molar-refractivity contribution in [3.8, 4) is 0 Å². The zero-order valence-corrected chi connectivity index (χ0v) is 13.4. The first-order valence-corrected chi connectivity index (χ1v) is 7.71. The fourth-order valence-electron chi connectivity index (χ4n) is 2.29. The highest BCUT2D eigenvalue weighted by Crippen LogP contribution is 2.34. The van der Waals surface area contributed by atoms with Crippen LogP contribution in [0.15, 0.2) is 30.5 Å². The molecule has 130 valence electrons. The number of nitrogens with zero attached hydrogens (tertiary/aromatic N) is 2. The molecule has 0 fully saturated rings. The van der Waals surface area contributed by atoms with Crippen LogP contribution in [0.5, 0.6) is 0 Å². The van der Waals surface area contributed by atoms with Crippen LogP contribution in [0.2, 0.25) is 0 Å². The minimum atomic E-state index is -4.70. The van der Waals surface area contributed by atoms with Gasteiger partial charge < -0.3 is 0 Å². The van der Waals surface area contributed by atoms with Crippen molar-refractivity contribution in [2.75, 3.05) is 0 Å². The molecule has 3 rings (SSSR count). The van der Waals surface area contributed by atoms with Crippen molar-refractivity contribution in [2.24, 2.45) is 0 Å². The number of benzene rings is 1. The smallest absolute Gasteiger partial charge is 0.290 e. The molecule has 0 N–H and O–H groups in total. The molecule has 3 nitrogen and oxygen atoms in total. The third-order valence-electron chi connectivity index (χ3n) is 3.29. The summed E-state index contributed by atoms with van der Waals surface area (Å²) in [5.74, 6) is -2.73. The van der Waals surface area contributed by atoms with Crippen molar-refractivity contribution in [3.05, 3.63) is 63.9 Å². The molecule has 0 saturated heterocycles. The Kier molecular flexibility index (Phi) is 4.19. The molecule has 0 bridgehead atoms. The van der Waals surface area contributed by atoms with Gasteiger partial charge in [0.25, 0.3) is 0 Å². The summed E-state index contributed by atoms with van der Waals surface area (Å²) < 4.78 is 66.9. The maximum Gasteiger partial charge on any atom is 0.435 e. The van der Waals surface area contributed by atoms with E-state index in [1.807, 2.05) is 0 Å². The summed E-state index contributed by atoms with van der Waals surface area (Å²) in [6, 6.07) is 2.21. The predicted molar refractivity (Wildman–Crippen MR) is 82.5 cm³/mol. The first-order chi connectivity index (χ1) is 11.6. The van der Waals surface area contributed by atoms with E-state index in [2.05, 4.69) is 4.98 Å². The average Bonchev–Trinajstić information content (AvgIpc) is 2.99. The summed E-state index contributed by atoms with van der Waals surface area (Å²) in [4.78, 5) is 16.4. The summed E-state index contributed by atoms with van der Waals surface area (Å²) in [7, 11) is 0. The number of thiazole rings is 1. The number of rotatable bonds is 3. The van der Waals surface area contributed by atoms with E-state index >= 15 is 0 Å². The van der Waals surface area contributed by atoms with Gasteiger partial charge in [-0.3, -0.25) is 9.20 Å². The molecule has 0 saturated carbocycles. The highest BCUT2D eigenvalue weighted by molar-refractivity contribution is 7.17. The number of halogens is 5. The van der Waals surface area contributed by atoms with E-state index in [1.54, 1.807) is 6.92 Å². The van der Waals surface area contributed by atoms with E-state index in [0.717, 1.165) is 40.5 Å². The molecule has 0 atom stereocenters. The molecule has 3 aromatic rings. The molecule has 0 aliphatic rings. The largest absolute Gasteiger partial charge is 0.435 e. The third kappa shape index (κ3) is 3.46. The predicted octanol–water partition coefficient (Wildman–Crippen LogP) is 4.90. The quantitative estimate of drug-likeness (QED) is 0.372. The summed E-state index contributed by atoms with van der Waals surface area (Å²) in [6.07, 6.45) is -1.46. The Labute approximate surface area is 142 Å². The van der Waals surface area contributed by atoms with Gasteiger partial charge in [-0.2, -0.15) is 13.2 Å². The minimum absolute atomic E-state index is 0.133. The molecule has 0 unspecified atom stereocenters. The van der Waals surface area contributed by atoms with Gasteiger partial charge in [-0.15, -0.1) is 11.3 Å². The van der Waals surface area contributed by atoms with Crippen molar-refractivity contribution in [3.63, 3.8) is 0 Å². The van der Waals surface area contributed by atoms with Crippen LogP contribution in [0.4, 0.5) is 22.0 Å². The average molecular weight is 372 g/mol. The number of aromatic nitrogens is 2. The maximum atomic E-state index is 13.2. The van der Waals surface area contributed by atoms with Crippen LogP contribution in [0.3, 0.4) is 0 Å². The highest BCUT2D eigenvalue weighted by Gasteiger charge is 2.37. The van der Waals surface area contributed by atoms with E-state index in [9.17, 15) is 26.7 Å². The van der Waals surface area contributed by atoms with Gasteiger partial charge in [0.2, 0.25) is 0 Å². The molecular formula is C16H9F5N2OS. The normalized spacial score (nSPS) is 12.4. The van der Waals surface area contributed by atoms with Gasteiger partial charge in [-0.25, -0.2) is 13.8 Å². The second-order valence-corrected chi connectivity index (χ2v) is 6.41. The molecule has 0 radical (unpaired) electrons. The summed E-state index contributed by atoms with van der Waals surface area (Å²) in [5, 5.41) is 0. The first-order valence-electron chi connectivity index (χ1n) is 6.89. The number of alkyl halides is 3. The number of aryl methyl sites for hydroxylation is 1. The van der Waals surface area contributed by atoms with Crippen LogP contribution in [0, 0.1) is 18.6 Å². The molecule has 25 heavy (non-hydrogen) atoms. The Morgan fingerprint density at radius 3 is 2.44 bits per heavy atom. The minimum Gasteiger partial charge on any atom is -0.290 e. The van der Waals surface area contributed by atoms with E-state index in [1.165, 1.54) is 10.6 Å². The number of carbonyl (C=O) groups excluding carboxylic acids is 1. The van der Waals surface area contributed by atoms with Crippen molar-refractivity contribution >= 4 is 28.2 Å². The lowest BCUT2D eigenvalue weighted by Crippen LogP contribution is -2.08. The van der Waals surface area contributed by atoms with Gasteiger partial charge >= 0.3 is 6.18 Å². The number of imidazole rings is 1. The number of ketones is 1. The fraction of sp³-hybridized carbons (Fsp3) is 0.125. The lowest BCUT2D eigenvalue weighted by atomic mass is 10.1. The van der Waals surface area contributed by atoms with Gasteiger partial charge in [-0.1, -0.05) is 0 Å². The molecule has 9 heteroatoms. The Balaban J connectivity index is 2.04. The highest BCUT2D eigenvalue weighted by atomic mass is 32.1. The molecule has 0 aliphatic heterocycles. The number of allylic oxidation sites excluding steroid dienone is 1. The topological polar surface area (TPSA) is 34.4 Å². The van der Waals surface area contributed by atoms with Crippen LogP contribution in [0.1, 0.15) is 26.6 Å². The lowest BCUT2D eigenvalue weighted by molar-refractivity contribution is -0.140. The first kappa shape index (κ1) is 17.3. The Hall–Kier alpha value is -2.55. The Morgan fingerprint density at radius 1 is 1.20 bits per heavy atom. The van der Waals surface area contributed by atoms with E-state index < -0.39 is 29.3 Å². The number of hydrogen-bond acceptors (Lipinski definition) is 3. The van der Waals surface area contributed by atoms with Crippen molar-refractivity contribution in [2.45, 2.75) is 13.1 Å². The van der Waals surface area contributed by atoms with Crippen molar-refractivity contribution in [1.29, 1.82) is 0 Å². The second-order valence-electron chi connectivity index (χ2n) is 5.19. The van der Waals surface area contributed by atoms with Crippen molar-refractivity contribution in [1.82, 2.24) is 9.38 Å². The lowest BCUT2D eigenvalue weighted by Gasteiger charge is -2.04. The fourth-order valence-corrected chi connectivity index (χ4v) is 3.12. The molecule has 2 heterocycles. The van der Waals surface area contributed by atoms with Gasteiger partial charge in [0, 0.05) is 22.7 Å². The summed E-state index contributed by atoms with van der Waals surface area (Å²) in [6.45, 7) is 1.71. The van der Waals surface area contributed by atoms with Crippen LogP contribution in [-0.4, -0.2) is 15.2 Å². The van der Waals surface area contributed by atoms with Gasteiger partial charge in [0.1, 0.15) is 11.6 Å². The molecule has 0 spiro atoms. The Morgan fingerprint density at radius 2 is 1.84 bits per heavy atom. The summed E-state index contributed by atoms with van der Waals surface area (Å²) in [5.41, 5.74) is -1.75. The van der Waals surface area contributed by atoms with Gasteiger partial charge in [0.15, 0.2) is 16.4 Å². The van der Waals surface area contributed by atoms with Crippen LogP contribution < -0.4 is 0 Å².